The number of phenolic OH excluding ortho intramolecular Hbond substituents is 1. The van der Waals surface area contributed by atoms with Crippen molar-refractivity contribution in [3.63, 3.8) is 0 Å². The van der Waals surface area contributed by atoms with Crippen LogP contribution in [-0.2, 0) is 14.4 Å². The number of thioether (sulfide) groups is 1. The molecule has 8 nitrogen and oxygen atoms in total. The van der Waals surface area contributed by atoms with Gasteiger partial charge in [0.1, 0.15) is 29.2 Å². The van der Waals surface area contributed by atoms with Crippen LogP contribution in [0, 0.1) is 0 Å². The number of phenols is 1. The van der Waals surface area contributed by atoms with Crippen molar-refractivity contribution in [2.75, 3.05) is 0 Å². The van der Waals surface area contributed by atoms with E-state index in [1.165, 1.54) is 40.9 Å². The molecule has 5 N–H and O–H groups in total. The van der Waals surface area contributed by atoms with Gasteiger partial charge in [-0.2, -0.15) is 0 Å². The van der Waals surface area contributed by atoms with Crippen molar-refractivity contribution in [2.24, 2.45) is 5.73 Å². The van der Waals surface area contributed by atoms with E-state index in [4.69, 9.17) is 5.73 Å². The zero-order valence-corrected chi connectivity index (χ0v) is 14.5. The highest BCUT2D eigenvalue weighted by Gasteiger charge is 2.64. The van der Waals surface area contributed by atoms with Crippen molar-refractivity contribution in [3.8, 4) is 5.75 Å². The minimum absolute atomic E-state index is 0.0606. The first-order valence-corrected chi connectivity index (χ1v) is 8.59. The summed E-state index contributed by atoms with van der Waals surface area (Å²) in [6, 6.07) is 3.21. The first kappa shape index (κ1) is 17.6. The molecule has 4 atom stereocenters. The van der Waals surface area contributed by atoms with E-state index in [1.54, 1.807) is 13.8 Å². The topological polar surface area (TPSA) is 133 Å². The fourth-order valence-electron chi connectivity index (χ4n) is 3.22. The normalized spacial score (nSPS) is 28.0. The van der Waals surface area contributed by atoms with Crippen molar-refractivity contribution in [2.45, 2.75) is 42.1 Å². The Kier molecular flexibility index (Phi) is 4.16. The lowest BCUT2D eigenvalue weighted by atomic mass is 9.95. The van der Waals surface area contributed by atoms with Gasteiger partial charge in [0, 0.05) is 4.75 Å². The lowest BCUT2D eigenvalue weighted by Crippen LogP contribution is -2.71. The third-order valence-corrected chi connectivity index (χ3v) is 6.08. The molecular weight excluding hydrogens is 346 g/mol. The SMILES string of the molecule is CC1(C)S[C@H]2[C@@H](NC(=O)[C@H](N)c3ccc(O)cc3)C(=O)N2[C@@H]1C(=O)O. The molecule has 2 aliphatic rings. The number of carboxylic acids is 1. The van der Waals surface area contributed by atoms with Gasteiger partial charge >= 0.3 is 5.97 Å². The number of fused-ring (bicyclic) bond motifs is 1. The summed E-state index contributed by atoms with van der Waals surface area (Å²) >= 11 is 1.35. The van der Waals surface area contributed by atoms with Gasteiger partial charge in [-0.15, -0.1) is 11.8 Å². The van der Waals surface area contributed by atoms with Gasteiger partial charge < -0.3 is 26.2 Å². The number of nitrogens with zero attached hydrogens (tertiary/aromatic N) is 1. The Morgan fingerprint density at radius 2 is 1.92 bits per heavy atom. The third kappa shape index (κ3) is 2.83. The smallest absolute Gasteiger partial charge is 0.327 e. The molecule has 0 unspecified atom stereocenters. The Morgan fingerprint density at radius 3 is 2.48 bits per heavy atom. The van der Waals surface area contributed by atoms with Crippen LogP contribution in [0.3, 0.4) is 0 Å². The average Bonchev–Trinajstić information content (AvgIpc) is 2.80. The van der Waals surface area contributed by atoms with Crippen LogP contribution in [0.25, 0.3) is 0 Å². The number of hydrogen-bond donors (Lipinski definition) is 4. The maximum atomic E-state index is 12.3. The summed E-state index contributed by atoms with van der Waals surface area (Å²) in [5.74, 6) is -1.94. The van der Waals surface area contributed by atoms with Gasteiger partial charge in [0.15, 0.2) is 0 Å². The van der Waals surface area contributed by atoms with Crippen LogP contribution in [0.4, 0.5) is 0 Å². The van der Waals surface area contributed by atoms with Crippen LogP contribution in [-0.4, -0.2) is 55.1 Å². The standard InChI is InChI=1S/C16H19N3O5S/c1-16(2)11(15(23)24)19-13(22)10(14(19)25-16)18-12(21)9(17)7-3-5-8(20)6-4-7/h3-6,9-11,14,20H,17H2,1-2H3,(H,18,21)(H,23,24)/t9-,10+,11-,14+/m1/s1. The first-order valence-electron chi connectivity index (χ1n) is 7.71. The van der Waals surface area contributed by atoms with Gasteiger partial charge in [0.2, 0.25) is 11.8 Å². The second-order valence-corrected chi connectivity index (χ2v) is 8.42. The quantitative estimate of drug-likeness (QED) is 0.553. The van der Waals surface area contributed by atoms with Crippen LogP contribution in [0.2, 0.25) is 0 Å². The van der Waals surface area contributed by atoms with E-state index in [9.17, 15) is 24.6 Å². The van der Waals surface area contributed by atoms with Gasteiger partial charge in [-0.1, -0.05) is 12.1 Å². The van der Waals surface area contributed by atoms with Crippen LogP contribution < -0.4 is 11.1 Å². The molecule has 0 aliphatic carbocycles. The van der Waals surface area contributed by atoms with E-state index in [0.717, 1.165) is 0 Å². The molecular formula is C16H19N3O5S. The molecule has 2 saturated heterocycles. The predicted octanol–water partition coefficient (Wildman–Crippen LogP) is 0.0237. The average molecular weight is 365 g/mol. The number of nitrogens with one attached hydrogen (secondary N) is 1. The molecule has 0 radical (unpaired) electrons. The number of aliphatic carboxylic acids is 1. The Bertz CT molecular complexity index is 736. The first-order chi connectivity index (χ1) is 11.6. The number of carboxylic acid groups (broad SMARTS) is 1. The van der Waals surface area contributed by atoms with Gasteiger partial charge in [-0.3, -0.25) is 9.59 Å². The maximum absolute atomic E-state index is 12.3. The van der Waals surface area contributed by atoms with Gasteiger partial charge in [-0.25, -0.2) is 4.79 Å². The van der Waals surface area contributed by atoms with Crippen LogP contribution in [0.15, 0.2) is 24.3 Å². The van der Waals surface area contributed by atoms with E-state index in [-0.39, 0.29) is 5.75 Å². The third-order valence-electron chi connectivity index (χ3n) is 4.51. The lowest BCUT2D eigenvalue weighted by molar-refractivity contribution is -0.161. The molecule has 2 aliphatic heterocycles. The van der Waals surface area contributed by atoms with E-state index < -0.39 is 46.0 Å². The zero-order chi connectivity index (χ0) is 18.5. The maximum Gasteiger partial charge on any atom is 0.327 e. The van der Waals surface area contributed by atoms with Crippen LogP contribution in [0.1, 0.15) is 25.5 Å². The second kappa shape index (κ2) is 5.92. The number of aromatic hydroxyl groups is 1. The number of nitrogens with two attached hydrogens (primary N) is 1. The molecule has 2 amide bonds. The Hall–Kier alpha value is -2.26. The van der Waals surface area contributed by atoms with Crippen molar-refractivity contribution in [3.05, 3.63) is 29.8 Å². The minimum Gasteiger partial charge on any atom is -0.508 e. The lowest BCUT2D eigenvalue weighted by Gasteiger charge is -2.43. The van der Waals surface area contributed by atoms with Gasteiger partial charge in [0.25, 0.3) is 0 Å². The highest BCUT2D eigenvalue weighted by Crippen LogP contribution is 2.50. The molecule has 0 bridgehead atoms. The van der Waals surface area contributed by atoms with Crippen LogP contribution >= 0.6 is 11.8 Å². The molecule has 0 spiro atoms. The molecule has 2 heterocycles. The van der Waals surface area contributed by atoms with E-state index in [1.807, 2.05) is 0 Å². The number of carbonyl (C=O) groups excluding carboxylic acids is 2. The highest BCUT2D eigenvalue weighted by atomic mass is 32.2. The molecule has 3 rings (SSSR count). The van der Waals surface area contributed by atoms with Crippen molar-refractivity contribution >= 4 is 29.5 Å². The molecule has 1 aromatic rings. The number of β-lactam (4-membered cyclic amide) rings is 1. The Balaban J connectivity index is 1.70. The molecule has 0 aromatic heterocycles. The fourth-order valence-corrected chi connectivity index (χ4v) is 4.85. The number of carbonyl (C=O) groups is 3. The summed E-state index contributed by atoms with van der Waals surface area (Å²) in [6.45, 7) is 3.53. The summed E-state index contributed by atoms with van der Waals surface area (Å²) < 4.78 is -0.648. The monoisotopic (exact) mass is 365 g/mol. The molecule has 2 fully saturated rings. The number of benzene rings is 1. The summed E-state index contributed by atoms with van der Waals surface area (Å²) in [5, 5.41) is 20.9. The van der Waals surface area contributed by atoms with Crippen molar-refractivity contribution in [1.29, 1.82) is 0 Å². The summed E-state index contributed by atoms with van der Waals surface area (Å²) in [6.07, 6.45) is 0. The minimum atomic E-state index is -1.06. The number of rotatable bonds is 4. The summed E-state index contributed by atoms with van der Waals surface area (Å²) in [4.78, 5) is 37.5. The second-order valence-electron chi connectivity index (χ2n) is 6.65. The van der Waals surface area contributed by atoms with Crippen molar-refractivity contribution < 1.29 is 24.6 Å². The Morgan fingerprint density at radius 1 is 1.32 bits per heavy atom. The molecule has 0 saturated carbocycles. The number of amides is 2. The zero-order valence-electron chi connectivity index (χ0n) is 13.7. The van der Waals surface area contributed by atoms with E-state index >= 15 is 0 Å². The summed E-state index contributed by atoms with van der Waals surface area (Å²) in [5.41, 5.74) is 6.41. The molecule has 134 valence electrons. The Labute approximate surface area is 148 Å². The predicted molar refractivity (Wildman–Crippen MR) is 90.7 cm³/mol. The highest BCUT2D eigenvalue weighted by molar-refractivity contribution is 8.01. The van der Waals surface area contributed by atoms with Gasteiger partial charge in [-0.05, 0) is 31.5 Å². The molecule has 25 heavy (non-hydrogen) atoms. The number of hydrogen-bond acceptors (Lipinski definition) is 6. The molecule has 1 aromatic carbocycles. The summed E-state index contributed by atoms with van der Waals surface area (Å²) in [7, 11) is 0. The molecule has 9 heteroatoms. The van der Waals surface area contributed by atoms with Crippen molar-refractivity contribution in [1.82, 2.24) is 10.2 Å². The van der Waals surface area contributed by atoms with E-state index in [0.29, 0.717) is 5.56 Å². The largest absolute Gasteiger partial charge is 0.508 e. The van der Waals surface area contributed by atoms with Crippen LogP contribution in [0.5, 0.6) is 5.75 Å². The van der Waals surface area contributed by atoms with E-state index in [2.05, 4.69) is 5.32 Å². The fraction of sp³-hybridized carbons (Fsp3) is 0.438. The van der Waals surface area contributed by atoms with Gasteiger partial charge in [0.05, 0.1) is 0 Å².